The molecule has 0 spiro atoms. The van der Waals surface area contributed by atoms with Gasteiger partial charge in [-0.3, -0.25) is 4.79 Å². The molecule has 0 bridgehead atoms. The molecule has 1 heterocycles. The van der Waals surface area contributed by atoms with Gasteiger partial charge >= 0.3 is 0 Å². The number of amides is 1. The van der Waals surface area contributed by atoms with E-state index in [9.17, 15) is 18.8 Å². The summed E-state index contributed by atoms with van der Waals surface area (Å²) in [5, 5.41) is 14.3. The topological polar surface area (TPSA) is 65.3 Å². The molecule has 7 heteroatoms. The van der Waals surface area contributed by atoms with Crippen molar-refractivity contribution in [1.82, 2.24) is 5.32 Å². The number of halogens is 2. The summed E-state index contributed by atoms with van der Waals surface area (Å²) in [4.78, 5) is 12.4. The van der Waals surface area contributed by atoms with Crippen LogP contribution in [0.3, 0.4) is 0 Å². The van der Waals surface area contributed by atoms with Gasteiger partial charge in [0.1, 0.15) is 12.3 Å². The normalized spacial score (nSPS) is 10.5. The Balaban J connectivity index is 1.84. The number of nitrogens with zero attached hydrogens (tertiary/aromatic N) is 1. The molecule has 0 saturated carbocycles. The van der Waals surface area contributed by atoms with Gasteiger partial charge in [0.15, 0.2) is 17.8 Å². The number of carbonyl (C=O) groups excluding carboxylic acids is 1. The molecule has 5 nitrogen and oxygen atoms in total. The lowest BCUT2D eigenvalue weighted by Gasteiger charge is -2.11. The van der Waals surface area contributed by atoms with Crippen LogP contribution in [0.15, 0.2) is 60.8 Å². The first-order valence-corrected chi connectivity index (χ1v) is 8.08. The molecule has 0 radical (unpaired) electrons. The third kappa shape index (κ3) is 4.03. The van der Waals surface area contributed by atoms with E-state index < -0.39 is 17.5 Å². The molecule has 0 atom stereocenters. The number of aromatic nitrogens is 1. The SMILES string of the molecule is COc1cc(F)c(F)cc1-c1cccc(C(=O)NCc2cccc[n+]2[O-])c1. The minimum absolute atomic E-state index is 0.0574. The van der Waals surface area contributed by atoms with E-state index in [1.165, 1.54) is 13.3 Å². The fourth-order valence-electron chi connectivity index (χ4n) is 2.62. The lowest BCUT2D eigenvalue weighted by Crippen LogP contribution is -2.35. The highest BCUT2D eigenvalue weighted by Gasteiger charge is 2.14. The summed E-state index contributed by atoms with van der Waals surface area (Å²) in [6.07, 6.45) is 1.34. The standard InChI is InChI=1S/C20H16F2N2O3/c1-27-19-11-18(22)17(21)10-16(19)13-5-4-6-14(9-13)20(25)23-12-15-7-2-3-8-24(15)26/h2-11H,12H2,1H3,(H,23,25). The first-order chi connectivity index (χ1) is 13.0. The number of nitrogens with one attached hydrogen (secondary N) is 1. The van der Waals surface area contributed by atoms with Gasteiger partial charge in [0, 0.05) is 29.3 Å². The molecule has 3 aromatic rings. The van der Waals surface area contributed by atoms with E-state index in [0.29, 0.717) is 27.1 Å². The lowest BCUT2D eigenvalue weighted by molar-refractivity contribution is -0.614. The summed E-state index contributed by atoms with van der Waals surface area (Å²) in [5.74, 6) is -2.27. The van der Waals surface area contributed by atoms with Crippen molar-refractivity contribution in [3.05, 3.63) is 88.9 Å². The Morgan fingerprint density at radius 2 is 1.89 bits per heavy atom. The lowest BCUT2D eigenvalue weighted by atomic mass is 10.0. The highest BCUT2D eigenvalue weighted by molar-refractivity contribution is 5.95. The first-order valence-electron chi connectivity index (χ1n) is 8.08. The molecule has 0 aliphatic heterocycles. The van der Waals surface area contributed by atoms with Gasteiger partial charge < -0.3 is 15.3 Å². The van der Waals surface area contributed by atoms with E-state index in [1.54, 1.807) is 42.5 Å². The summed E-state index contributed by atoms with van der Waals surface area (Å²) in [5.41, 5.74) is 1.53. The molecule has 0 unspecified atom stereocenters. The predicted molar refractivity (Wildman–Crippen MR) is 94.9 cm³/mol. The third-order valence-electron chi connectivity index (χ3n) is 4.01. The van der Waals surface area contributed by atoms with Gasteiger partial charge in [-0.25, -0.2) is 8.78 Å². The van der Waals surface area contributed by atoms with Gasteiger partial charge in [-0.2, -0.15) is 4.73 Å². The molecule has 27 heavy (non-hydrogen) atoms. The summed E-state index contributed by atoms with van der Waals surface area (Å²) in [7, 11) is 1.35. The number of hydrogen-bond donors (Lipinski definition) is 1. The van der Waals surface area contributed by atoms with E-state index in [2.05, 4.69) is 5.32 Å². The molecule has 0 aliphatic rings. The van der Waals surface area contributed by atoms with Crippen molar-refractivity contribution in [2.75, 3.05) is 7.11 Å². The van der Waals surface area contributed by atoms with Gasteiger partial charge in [0.25, 0.3) is 5.91 Å². The molecular weight excluding hydrogens is 354 g/mol. The molecule has 0 aliphatic carbocycles. The Labute approximate surface area is 154 Å². The van der Waals surface area contributed by atoms with Crippen LogP contribution in [0.2, 0.25) is 0 Å². The number of hydrogen-bond acceptors (Lipinski definition) is 3. The highest BCUT2D eigenvalue weighted by Crippen LogP contribution is 2.32. The maximum Gasteiger partial charge on any atom is 0.251 e. The Bertz CT molecular complexity index is 993. The van der Waals surface area contributed by atoms with Crippen LogP contribution in [-0.2, 0) is 6.54 Å². The Hall–Kier alpha value is -3.48. The zero-order chi connectivity index (χ0) is 19.4. The largest absolute Gasteiger partial charge is 0.618 e. The van der Waals surface area contributed by atoms with Crippen molar-refractivity contribution in [2.45, 2.75) is 6.54 Å². The molecule has 1 aromatic heterocycles. The van der Waals surface area contributed by atoms with Crippen molar-refractivity contribution in [3.8, 4) is 16.9 Å². The maximum atomic E-state index is 13.6. The molecule has 1 N–H and O–H groups in total. The summed E-state index contributed by atoms with van der Waals surface area (Å²) < 4.78 is 32.8. The monoisotopic (exact) mass is 370 g/mol. The van der Waals surface area contributed by atoms with E-state index in [4.69, 9.17) is 4.74 Å². The summed E-state index contributed by atoms with van der Waals surface area (Å²) >= 11 is 0. The van der Waals surface area contributed by atoms with Gasteiger partial charge in [-0.05, 0) is 29.8 Å². The minimum Gasteiger partial charge on any atom is -0.618 e. The molecule has 0 saturated heterocycles. The number of carbonyl (C=O) groups is 1. The molecule has 3 rings (SSSR count). The van der Waals surface area contributed by atoms with Crippen LogP contribution in [0.1, 0.15) is 16.1 Å². The Kier molecular flexibility index (Phi) is 5.30. The zero-order valence-electron chi connectivity index (χ0n) is 14.4. The molecule has 138 valence electrons. The number of rotatable bonds is 5. The number of benzene rings is 2. The molecule has 1 amide bonds. The number of ether oxygens (including phenoxy) is 1. The average Bonchev–Trinajstić information content (AvgIpc) is 2.69. The van der Waals surface area contributed by atoms with Crippen LogP contribution in [0.4, 0.5) is 8.78 Å². The Morgan fingerprint density at radius 1 is 1.11 bits per heavy atom. The molecule has 2 aromatic carbocycles. The number of pyridine rings is 1. The zero-order valence-corrected chi connectivity index (χ0v) is 14.4. The highest BCUT2D eigenvalue weighted by atomic mass is 19.2. The summed E-state index contributed by atoms with van der Waals surface area (Å²) in [6.45, 7) is 0.0574. The second-order valence-corrected chi connectivity index (χ2v) is 5.75. The van der Waals surface area contributed by atoms with Crippen LogP contribution in [0.5, 0.6) is 5.75 Å². The van der Waals surface area contributed by atoms with E-state index >= 15 is 0 Å². The minimum atomic E-state index is -1.02. The van der Waals surface area contributed by atoms with Crippen molar-refractivity contribution in [1.29, 1.82) is 0 Å². The molecule has 0 fully saturated rings. The van der Waals surface area contributed by atoms with E-state index in [-0.39, 0.29) is 12.3 Å². The third-order valence-corrected chi connectivity index (χ3v) is 4.01. The fourth-order valence-corrected chi connectivity index (χ4v) is 2.62. The van der Waals surface area contributed by atoms with Crippen molar-refractivity contribution in [2.24, 2.45) is 0 Å². The van der Waals surface area contributed by atoms with E-state index in [1.807, 2.05) is 0 Å². The second kappa shape index (κ2) is 7.82. The smallest absolute Gasteiger partial charge is 0.251 e. The first kappa shape index (κ1) is 18.3. The van der Waals surface area contributed by atoms with Gasteiger partial charge in [0.05, 0.1) is 7.11 Å². The molecular formula is C20H16F2N2O3. The van der Waals surface area contributed by atoms with Crippen molar-refractivity contribution < 1.29 is 23.0 Å². The number of methoxy groups -OCH3 is 1. The van der Waals surface area contributed by atoms with Gasteiger partial charge in [0.2, 0.25) is 5.69 Å². The predicted octanol–water partition coefficient (Wildman–Crippen LogP) is 3.20. The Morgan fingerprint density at radius 3 is 2.63 bits per heavy atom. The van der Waals surface area contributed by atoms with Crippen LogP contribution in [0, 0.1) is 16.8 Å². The maximum absolute atomic E-state index is 13.6. The van der Waals surface area contributed by atoms with Crippen molar-refractivity contribution in [3.63, 3.8) is 0 Å². The van der Waals surface area contributed by atoms with Crippen LogP contribution >= 0.6 is 0 Å². The van der Waals surface area contributed by atoms with Gasteiger partial charge in [-0.15, -0.1) is 0 Å². The van der Waals surface area contributed by atoms with Crippen LogP contribution < -0.4 is 14.8 Å². The quantitative estimate of drug-likeness (QED) is 0.554. The average molecular weight is 370 g/mol. The van der Waals surface area contributed by atoms with Crippen LogP contribution in [0.25, 0.3) is 11.1 Å². The summed E-state index contributed by atoms with van der Waals surface area (Å²) in [6, 6.07) is 13.3. The second-order valence-electron chi connectivity index (χ2n) is 5.75. The fraction of sp³-hybridized carbons (Fsp3) is 0.100. The van der Waals surface area contributed by atoms with Crippen LogP contribution in [-0.4, -0.2) is 13.0 Å². The van der Waals surface area contributed by atoms with Crippen molar-refractivity contribution >= 4 is 5.91 Å². The van der Waals surface area contributed by atoms with E-state index in [0.717, 1.165) is 12.1 Å². The van der Waals surface area contributed by atoms with Gasteiger partial charge in [-0.1, -0.05) is 12.1 Å².